The van der Waals surface area contributed by atoms with Crippen molar-refractivity contribution in [1.82, 2.24) is 10.2 Å². The van der Waals surface area contributed by atoms with Gasteiger partial charge in [0, 0.05) is 31.2 Å². The van der Waals surface area contributed by atoms with Crippen LogP contribution in [0.25, 0.3) is 0 Å². The number of rotatable bonds is 8. The Kier molecular flexibility index (Phi) is 6.24. The largest absolute Gasteiger partial charge is 0.390 e. The average molecular weight is 272 g/mol. The molecule has 0 saturated heterocycles. The summed E-state index contributed by atoms with van der Waals surface area (Å²) >= 11 is 0. The first-order valence-electron chi connectivity index (χ1n) is 7.41. The number of aliphatic hydroxyl groups excluding tert-OH is 1. The van der Waals surface area contributed by atoms with E-state index in [1.165, 1.54) is 0 Å². The quantitative estimate of drug-likeness (QED) is 0.700. The van der Waals surface area contributed by atoms with Crippen LogP contribution in [0.15, 0.2) is 0 Å². The second-order valence-corrected chi connectivity index (χ2v) is 7.15. The summed E-state index contributed by atoms with van der Waals surface area (Å²) in [6.45, 7) is 11.0. The summed E-state index contributed by atoms with van der Waals surface area (Å²) < 4.78 is 5.95. The Morgan fingerprint density at radius 2 is 2.00 bits per heavy atom. The molecule has 1 aliphatic rings. The molecule has 114 valence electrons. The molecule has 19 heavy (non-hydrogen) atoms. The Morgan fingerprint density at radius 3 is 2.47 bits per heavy atom. The Balaban J connectivity index is 2.27. The highest BCUT2D eigenvalue weighted by atomic mass is 16.5. The number of hydrogen-bond donors (Lipinski definition) is 2. The Hall–Kier alpha value is -0.160. The third-order valence-electron chi connectivity index (χ3n) is 3.98. The molecule has 1 saturated carbocycles. The summed E-state index contributed by atoms with van der Waals surface area (Å²) in [5.74, 6) is 0.588. The van der Waals surface area contributed by atoms with Crippen LogP contribution in [-0.4, -0.2) is 62.0 Å². The number of likely N-dealkylation sites (N-methyl/N-ethyl adjacent to an activating group) is 1. The lowest BCUT2D eigenvalue weighted by molar-refractivity contribution is -0.125. The highest BCUT2D eigenvalue weighted by Gasteiger charge is 2.48. The van der Waals surface area contributed by atoms with Crippen molar-refractivity contribution in [2.24, 2.45) is 11.3 Å². The number of nitrogens with one attached hydrogen (secondary N) is 1. The molecular weight excluding hydrogens is 240 g/mol. The second-order valence-electron chi connectivity index (χ2n) is 7.15. The minimum Gasteiger partial charge on any atom is -0.390 e. The molecule has 3 atom stereocenters. The third-order valence-corrected chi connectivity index (χ3v) is 3.98. The van der Waals surface area contributed by atoms with Gasteiger partial charge in [0.1, 0.15) is 0 Å². The van der Waals surface area contributed by atoms with Gasteiger partial charge in [-0.15, -0.1) is 0 Å². The molecule has 0 heterocycles. The molecule has 0 aliphatic heterocycles. The van der Waals surface area contributed by atoms with Gasteiger partial charge >= 0.3 is 0 Å². The van der Waals surface area contributed by atoms with E-state index in [-0.39, 0.29) is 11.5 Å². The fraction of sp³-hybridized carbons (Fsp3) is 1.00. The number of ether oxygens (including phenoxy) is 1. The van der Waals surface area contributed by atoms with E-state index in [0.717, 1.165) is 13.0 Å². The molecule has 0 radical (unpaired) electrons. The van der Waals surface area contributed by atoms with Crippen LogP contribution < -0.4 is 5.32 Å². The molecule has 0 aromatic carbocycles. The standard InChI is InChI=1S/C15H32N2O2/c1-11(2)10-19-14-7-13(15(14,3)4)16-8-12(18)9-17(5)6/h11-14,16,18H,7-10H2,1-6H3. The molecule has 3 unspecified atom stereocenters. The van der Waals surface area contributed by atoms with Gasteiger partial charge in [-0.2, -0.15) is 0 Å². The Labute approximate surface area is 118 Å². The minimum absolute atomic E-state index is 0.159. The van der Waals surface area contributed by atoms with Crippen LogP contribution in [0.1, 0.15) is 34.1 Å². The minimum atomic E-state index is -0.304. The van der Waals surface area contributed by atoms with Crippen molar-refractivity contribution < 1.29 is 9.84 Å². The number of aliphatic hydroxyl groups is 1. The van der Waals surface area contributed by atoms with Crippen LogP contribution in [-0.2, 0) is 4.74 Å². The predicted molar refractivity (Wildman–Crippen MR) is 79.3 cm³/mol. The normalized spacial score (nSPS) is 27.6. The van der Waals surface area contributed by atoms with Crippen molar-refractivity contribution in [2.45, 2.75) is 52.4 Å². The molecule has 1 rings (SSSR count). The van der Waals surface area contributed by atoms with Gasteiger partial charge in [-0.25, -0.2) is 0 Å². The van der Waals surface area contributed by atoms with Crippen LogP contribution >= 0.6 is 0 Å². The van der Waals surface area contributed by atoms with Crippen molar-refractivity contribution >= 4 is 0 Å². The van der Waals surface area contributed by atoms with E-state index >= 15 is 0 Å². The van der Waals surface area contributed by atoms with E-state index in [2.05, 4.69) is 33.0 Å². The average Bonchev–Trinajstić information content (AvgIpc) is 2.25. The van der Waals surface area contributed by atoms with Crippen LogP contribution in [0.4, 0.5) is 0 Å². The van der Waals surface area contributed by atoms with Gasteiger partial charge in [-0.05, 0) is 26.4 Å². The molecular formula is C15H32N2O2. The lowest BCUT2D eigenvalue weighted by atomic mass is 9.64. The molecule has 0 amide bonds. The van der Waals surface area contributed by atoms with E-state index in [9.17, 15) is 5.11 Å². The molecule has 0 aromatic heterocycles. The molecule has 2 N–H and O–H groups in total. The van der Waals surface area contributed by atoms with Gasteiger partial charge in [0.25, 0.3) is 0 Å². The van der Waals surface area contributed by atoms with E-state index in [4.69, 9.17) is 4.74 Å². The first-order valence-corrected chi connectivity index (χ1v) is 7.41. The Bertz CT molecular complexity index is 267. The zero-order valence-electron chi connectivity index (χ0n) is 13.4. The van der Waals surface area contributed by atoms with Crippen molar-refractivity contribution in [2.75, 3.05) is 33.8 Å². The summed E-state index contributed by atoms with van der Waals surface area (Å²) in [7, 11) is 3.96. The van der Waals surface area contributed by atoms with Crippen LogP contribution in [0, 0.1) is 11.3 Å². The van der Waals surface area contributed by atoms with Gasteiger partial charge < -0.3 is 20.1 Å². The van der Waals surface area contributed by atoms with Gasteiger partial charge in [-0.3, -0.25) is 0 Å². The highest BCUT2D eigenvalue weighted by Crippen LogP contribution is 2.42. The summed E-state index contributed by atoms with van der Waals surface area (Å²) in [4.78, 5) is 2.01. The van der Waals surface area contributed by atoms with E-state index < -0.39 is 0 Å². The van der Waals surface area contributed by atoms with Crippen LogP contribution in [0.2, 0.25) is 0 Å². The van der Waals surface area contributed by atoms with Crippen molar-refractivity contribution in [3.05, 3.63) is 0 Å². The number of hydrogen-bond acceptors (Lipinski definition) is 4. The van der Waals surface area contributed by atoms with Crippen LogP contribution in [0.5, 0.6) is 0 Å². The maximum absolute atomic E-state index is 9.86. The molecule has 0 aromatic rings. The van der Waals surface area contributed by atoms with Crippen molar-refractivity contribution in [1.29, 1.82) is 0 Å². The molecule has 0 spiro atoms. The van der Waals surface area contributed by atoms with E-state index in [1.807, 2.05) is 19.0 Å². The summed E-state index contributed by atoms with van der Waals surface area (Å²) in [6, 6.07) is 0.446. The van der Waals surface area contributed by atoms with Crippen molar-refractivity contribution in [3.63, 3.8) is 0 Å². The van der Waals surface area contributed by atoms with E-state index in [0.29, 0.717) is 31.2 Å². The maximum Gasteiger partial charge on any atom is 0.0791 e. The Morgan fingerprint density at radius 1 is 1.37 bits per heavy atom. The van der Waals surface area contributed by atoms with Gasteiger partial charge in [-0.1, -0.05) is 27.7 Å². The van der Waals surface area contributed by atoms with Gasteiger partial charge in [0.2, 0.25) is 0 Å². The van der Waals surface area contributed by atoms with Gasteiger partial charge in [0.05, 0.1) is 12.2 Å². The van der Waals surface area contributed by atoms with Crippen LogP contribution in [0.3, 0.4) is 0 Å². The molecule has 1 aliphatic carbocycles. The maximum atomic E-state index is 9.86. The number of nitrogens with zero attached hydrogens (tertiary/aromatic N) is 1. The molecule has 4 heteroatoms. The monoisotopic (exact) mass is 272 g/mol. The first kappa shape index (κ1) is 16.9. The highest BCUT2D eigenvalue weighted by molar-refractivity contribution is 5.03. The summed E-state index contributed by atoms with van der Waals surface area (Å²) in [5.41, 5.74) is 0.159. The molecule has 4 nitrogen and oxygen atoms in total. The topological polar surface area (TPSA) is 44.7 Å². The SMILES string of the molecule is CC(C)COC1CC(NCC(O)CN(C)C)C1(C)C. The van der Waals surface area contributed by atoms with Gasteiger partial charge in [0.15, 0.2) is 0 Å². The smallest absolute Gasteiger partial charge is 0.0791 e. The van der Waals surface area contributed by atoms with E-state index in [1.54, 1.807) is 0 Å². The zero-order chi connectivity index (χ0) is 14.6. The van der Waals surface area contributed by atoms with Crippen molar-refractivity contribution in [3.8, 4) is 0 Å². The zero-order valence-corrected chi connectivity index (χ0v) is 13.4. The fourth-order valence-electron chi connectivity index (χ4n) is 2.59. The third kappa shape index (κ3) is 5.03. The molecule has 1 fully saturated rings. The first-order chi connectivity index (χ1) is 8.73. The lowest BCUT2D eigenvalue weighted by Crippen LogP contribution is -2.62. The predicted octanol–water partition coefficient (Wildman–Crippen LogP) is 1.34. The summed E-state index contributed by atoms with van der Waals surface area (Å²) in [5, 5.41) is 13.3. The molecule has 0 bridgehead atoms. The lowest BCUT2D eigenvalue weighted by Gasteiger charge is -2.52. The fourth-order valence-corrected chi connectivity index (χ4v) is 2.59. The summed E-state index contributed by atoms with van der Waals surface area (Å²) in [6.07, 6.45) is 1.09. The second kappa shape index (κ2) is 7.02.